The van der Waals surface area contributed by atoms with E-state index in [9.17, 15) is 0 Å². The lowest BCUT2D eigenvalue weighted by molar-refractivity contribution is 1.16. The van der Waals surface area contributed by atoms with E-state index in [0.29, 0.717) is 0 Å². The van der Waals surface area contributed by atoms with E-state index < -0.39 is 0 Å². The predicted molar refractivity (Wildman–Crippen MR) is 66.7 cm³/mol. The SMILES string of the molecule is Cc1ccc2c(n1)-c1ccc(C)c(C)c1C2. The van der Waals surface area contributed by atoms with Crippen LogP contribution in [0.15, 0.2) is 24.3 Å². The maximum Gasteiger partial charge on any atom is 0.0743 e. The van der Waals surface area contributed by atoms with Crippen LogP contribution in [-0.2, 0) is 6.42 Å². The molecule has 1 heterocycles. The molecule has 80 valence electrons. The van der Waals surface area contributed by atoms with Crippen molar-refractivity contribution in [1.82, 2.24) is 4.98 Å². The van der Waals surface area contributed by atoms with Gasteiger partial charge in [-0.05, 0) is 49.1 Å². The second-order valence-corrected chi connectivity index (χ2v) is 4.67. The van der Waals surface area contributed by atoms with Crippen LogP contribution in [0.4, 0.5) is 0 Å². The van der Waals surface area contributed by atoms with Crippen LogP contribution in [-0.4, -0.2) is 4.98 Å². The number of aromatic nitrogens is 1. The molecule has 2 aromatic rings. The molecule has 0 spiro atoms. The second-order valence-electron chi connectivity index (χ2n) is 4.67. The number of rotatable bonds is 0. The topological polar surface area (TPSA) is 12.9 Å². The zero-order chi connectivity index (χ0) is 11.3. The lowest BCUT2D eigenvalue weighted by Crippen LogP contribution is -1.89. The highest BCUT2D eigenvalue weighted by Crippen LogP contribution is 2.37. The number of fused-ring (bicyclic) bond motifs is 3. The third-order valence-electron chi connectivity index (χ3n) is 3.61. The molecule has 0 fully saturated rings. The first-order valence-corrected chi connectivity index (χ1v) is 5.73. The maximum absolute atomic E-state index is 4.67. The first kappa shape index (κ1) is 9.59. The van der Waals surface area contributed by atoms with Crippen molar-refractivity contribution in [1.29, 1.82) is 0 Å². The molecule has 3 rings (SSSR count). The van der Waals surface area contributed by atoms with Crippen LogP contribution in [0.5, 0.6) is 0 Å². The van der Waals surface area contributed by atoms with Crippen molar-refractivity contribution in [2.75, 3.05) is 0 Å². The number of aryl methyl sites for hydroxylation is 2. The van der Waals surface area contributed by atoms with Gasteiger partial charge in [0, 0.05) is 17.7 Å². The summed E-state index contributed by atoms with van der Waals surface area (Å²) in [5, 5.41) is 0. The van der Waals surface area contributed by atoms with Crippen LogP contribution < -0.4 is 0 Å². The molecule has 0 saturated carbocycles. The van der Waals surface area contributed by atoms with E-state index in [1.54, 1.807) is 0 Å². The smallest absolute Gasteiger partial charge is 0.0743 e. The molecule has 0 aliphatic heterocycles. The molecular weight excluding hydrogens is 194 g/mol. The summed E-state index contributed by atoms with van der Waals surface area (Å²) >= 11 is 0. The molecule has 16 heavy (non-hydrogen) atoms. The van der Waals surface area contributed by atoms with Gasteiger partial charge in [-0.1, -0.05) is 18.2 Å². The van der Waals surface area contributed by atoms with Gasteiger partial charge < -0.3 is 0 Å². The van der Waals surface area contributed by atoms with Gasteiger partial charge >= 0.3 is 0 Å². The van der Waals surface area contributed by atoms with Crippen molar-refractivity contribution < 1.29 is 0 Å². The fourth-order valence-electron chi connectivity index (χ4n) is 2.48. The van der Waals surface area contributed by atoms with Crippen molar-refractivity contribution in [3.63, 3.8) is 0 Å². The predicted octanol–water partition coefficient (Wildman–Crippen LogP) is 3.58. The molecule has 1 nitrogen and oxygen atoms in total. The molecule has 0 atom stereocenters. The normalized spacial score (nSPS) is 12.4. The Bertz CT molecular complexity index is 582. The lowest BCUT2D eigenvalue weighted by Gasteiger charge is -2.06. The Kier molecular flexibility index (Phi) is 1.90. The first-order valence-electron chi connectivity index (χ1n) is 5.73. The number of hydrogen-bond donors (Lipinski definition) is 0. The summed E-state index contributed by atoms with van der Waals surface area (Å²) < 4.78 is 0. The summed E-state index contributed by atoms with van der Waals surface area (Å²) in [4.78, 5) is 4.67. The van der Waals surface area contributed by atoms with E-state index in [1.165, 1.54) is 33.5 Å². The minimum atomic E-state index is 1.05. The van der Waals surface area contributed by atoms with E-state index in [1.807, 2.05) is 0 Å². The molecule has 1 aliphatic rings. The van der Waals surface area contributed by atoms with Crippen molar-refractivity contribution in [3.05, 3.63) is 52.2 Å². The molecule has 0 N–H and O–H groups in total. The van der Waals surface area contributed by atoms with E-state index in [2.05, 4.69) is 50.0 Å². The van der Waals surface area contributed by atoms with E-state index in [4.69, 9.17) is 0 Å². The first-order chi connectivity index (χ1) is 7.66. The standard InChI is InChI=1S/C15H15N/c1-9-4-7-13-14(11(9)3)8-12-6-5-10(2)16-15(12)13/h4-7H,8H2,1-3H3. The van der Waals surface area contributed by atoms with Crippen LogP contribution >= 0.6 is 0 Å². The van der Waals surface area contributed by atoms with Gasteiger partial charge in [0.2, 0.25) is 0 Å². The fraction of sp³-hybridized carbons (Fsp3) is 0.267. The summed E-state index contributed by atoms with van der Waals surface area (Å²) in [5.74, 6) is 0. The van der Waals surface area contributed by atoms with Gasteiger partial charge in [0.05, 0.1) is 5.69 Å². The molecule has 0 unspecified atom stereocenters. The van der Waals surface area contributed by atoms with Crippen LogP contribution in [0.2, 0.25) is 0 Å². The molecule has 1 heteroatoms. The summed E-state index contributed by atoms with van der Waals surface area (Å²) in [7, 11) is 0. The van der Waals surface area contributed by atoms with Gasteiger partial charge in [0.15, 0.2) is 0 Å². The highest BCUT2D eigenvalue weighted by molar-refractivity contribution is 5.75. The summed E-state index contributed by atoms with van der Waals surface area (Å²) in [6.45, 7) is 6.45. The third kappa shape index (κ3) is 1.21. The van der Waals surface area contributed by atoms with Gasteiger partial charge in [-0.3, -0.25) is 4.98 Å². The van der Waals surface area contributed by atoms with E-state index in [0.717, 1.165) is 12.1 Å². The van der Waals surface area contributed by atoms with Crippen molar-refractivity contribution in [3.8, 4) is 11.3 Å². The molecule has 1 aromatic carbocycles. The zero-order valence-electron chi connectivity index (χ0n) is 9.96. The number of benzene rings is 1. The van der Waals surface area contributed by atoms with Crippen LogP contribution in [0.25, 0.3) is 11.3 Å². The molecule has 1 aliphatic carbocycles. The van der Waals surface area contributed by atoms with Crippen molar-refractivity contribution in [2.24, 2.45) is 0 Å². The zero-order valence-corrected chi connectivity index (χ0v) is 9.96. The van der Waals surface area contributed by atoms with Gasteiger partial charge in [-0.25, -0.2) is 0 Å². The summed E-state index contributed by atoms with van der Waals surface area (Å²) in [6, 6.07) is 8.74. The second kappa shape index (κ2) is 3.18. The number of pyridine rings is 1. The monoisotopic (exact) mass is 209 g/mol. The van der Waals surface area contributed by atoms with Gasteiger partial charge in [0.25, 0.3) is 0 Å². The van der Waals surface area contributed by atoms with Gasteiger partial charge in [-0.15, -0.1) is 0 Å². The van der Waals surface area contributed by atoms with Crippen molar-refractivity contribution in [2.45, 2.75) is 27.2 Å². The summed E-state index contributed by atoms with van der Waals surface area (Å²) in [6.07, 6.45) is 1.05. The molecule has 0 saturated heterocycles. The molecule has 0 bridgehead atoms. The Morgan fingerprint density at radius 1 is 1.00 bits per heavy atom. The number of nitrogens with zero attached hydrogens (tertiary/aromatic N) is 1. The molecule has 1 aromatic heterocycles. The average molecular weight is 209 g/mol. The molecule has 0 amide bonds. The van der Waals surface area contributed by atoms with Crippen LogP contribution in [0.3, 0.4) is 0 Å². The maximum atomic E-state index is 4.67. The highest BCUT2D eigenvalue weighted by Gasteiger charge is 2.21. The fourth-order valence-corrected chi connectivity index (χ4v) is 2.48. The largest absolute Gasteiger partial charge is 0.253 e. The lowest BCUT2D eigenvalue weighted by atomic mass is 9.99. The Morgan fingerprint density at radius 3 is 2.62 bits per heavy atom. The van der Waals surface area contributed by atoms with Gasteiger partial charge in [-0.2, -0.15) is 0 Å². The van der Waals surface area contributed by atoms with Crippen molar-refractivity contribution >= 4 is 0 Å². The average Bonchev–Trinajstić information content (AvgIpc) is 2.62. The van der Waals surface area contributed by atoms with Crippen LogP contribution in [0, 0.1) is 20.8 Å². The minimum absolute atomic E-state index is 1.05. The Labute approximate surface area is 96.2 Å². The molecule has 0 radical (unpaired) electrons. The third-order valence-corrected chi connectivity index (χ3v) is 3.61. The Morgan fingerprint density at radius 2 is 1.81 bits per heavy atom. The van der Waals surface area contributed by atoms with E-state index in [-0.39, 0.29) is 0 Å². The summed E-state index contributed by atoms with van der Waals surface area (Å²) in [5.41, 5.74) is 9.27. The minimum Gasteiger partial charge on any atom is -0.253 e. The highest BCUT2D eigenvalue weighted by atomic mass is 14.7. The molecular formula is C15H15N. The van der Waals surface area contributed by atoms with E-state index >= 15 is 0 Å². The quantitative estimate of drug-likeness (QED) is 0.551. The van der Waals surface area contributed by atoms with Crippen LogP contribution in [0.1, 0.15) is 27.9 Å². The number of hydrogen-bond acceptors (Lipinski definition) is 1. The van der Waals surface area contributed by atoms with Gasteiger partial charge in [0.1, 0.15) is 0 Å². The Hall–Kier alpha value is -1.63. The Balaban J connectivity index is 2.30.